The molecule has 2 saturated heterocycles. The minimum absolute atomic E-state index is 0.0128. The van der Waals surface area contributed by atoms with Crippen molar-refractivity contribution < 1.29 is 4.79 Å². The van der Waals surface area contributed by atoms with Gasteiger partial charge in [-0.05, 0) is 73.5 Å². The number of nitrogens with zero attached hydrogens (tertiary/aromatic N) is 1. The molecule has 0 saturated carbocycles. The maximum absolute atomic E-state index is 12.9. The van der Waals surface area contributed by atoms with Gasteiger partial charge in [0.25, 0.3) is 5.91 Å². The minimum atomic E-state index is 0.0128. The number of carbonyl (C=O) groups excluding carboxylic acids is 1. The Hall–Kier alpha value is -1.84. The number of fused-ring (bicyclic) bond motifs is 2. The van der Waals surface area contributed by atoms with Gasteiger partial charge in [-0.25, -0.2) is 0 Å². The largest absolute Gasteiger partial charge is 0.352 e. The predicted octanol–water partition coefficient (Wildman–Crippen LogP) is 4.47. The van der Waals surface area contributed by atoms with E-state index in [0.717, 1.165) is 29.2 Å². The average Bonchev–Trinajstić information content (AvgIpc) is 2.67. The molecule has 3 atom stereocenters. The molecule has 2 heterocycles. The molecule has 136 valence electrons. The number of hydrogen-bond donors (Lipinski definition) is 1. The number of hydrogen-bond acceptors (Lipinski definition) is 2. The zero-order valence-corrected chi connectivity index (χ0v) is 15.7. The molecule has 3 nitrogen and oxygen atoms in total. The number of halogens is 1. The first-order valence-corrected chi connectivity index (χ1v) is 9.94. The summed E-state index contributed by atoms with van der Waals surface area (Å²) in [6.07, 6.45) is 3.80. The fourth-order valence-electron chi connectivity index (χ4n) is 4.44. The van der Waals surface area contributed by atoms with Crippen LogP contribution in [0, 0.1) is 11.8 Å². The quantitative estimate of drug-likeness (QED) is 0.863. The van der Waals surface area contributed by atoms with Crippen molar-refractivity contribution in [2.45, 2.75) is 19.3 Å². The van der Waals surface area contributed by atoms with Crippen LogP contribution in [0.5, 0.6) is 0 Å². The molecule has 0 spiro atoms. The van der Waals surface area contributed by atoms with Gasteiger partial charge in [0.15, 0.2) is 0 Å². The smallest absolute Gasteiger partial charge is 0.251 e. The van der Waals surface area contributed by atoms with Crippen LogP contribution >= 0.6 is 11.6 Å². The van der Waals surface area contributed by atoms with E-state index in [1.807, 2.05) is 48.5 Å². The Kier molecular flexibility index (Phi) is 5.28. The zero-order chi connectivity index (χ0) is 17.9. The molecule has 2 aliphatic heterocycles. The van der Waals surface area contributed by atoms with Crippen molar-refractivity contribution in [3.8, 4) is 11.1 Å². The van der Waals surface area contributed by atoms with Crippen LogP contribution in [0.25, 0.3) is 11.1 Å². The molecule has 4 rings (SSSR count). The molecule has 0 aliphatic carbocycles. The number of nitrogens with one attached hydrogen (secondary N) is 1. The fraction of sp³-hybridized carbons (Fsp3) is 0.409. The molecule has 2 bridgehead atoms. The molecule has 2 fully saturated rings. The average molecular weight is 369 g/mol. The molecular formula is C22H25ClN2O. The Labute approximate surface area is 160 Å². The van der Waals surface area contributed by atoms with Crippen molar-refractivity contribution in [1.29, 1.82) is 0 Å². The molecule has 1 amide bonds. The van der Waals surface area contributed by atoms with Crippen LogP contribution in [0.4, 0.5) is 0 Å². The first-order valence-electron chi connectivity index (χ1n) is 9.56. The van der Waals surface area contributed by atoms with Gasteiger partial charge < -0.3 is 10.2 Å². The maximum Gasteiger partial charge on any atom is 0.251 e. The summed E-state index contributed by atoms with van der Waals surface area (Å²) in [6, 6.07) is 15.4. The number of amides is 1. The Morgan fingerprint density at radius 1 is 1.12 bits per heavy atom. The number of rotatable bonds is 4. The van der Waals surface area contributed by atoms with Crippen LogP contribution in [0.2, 0.25) is 5.02 Å². The first kappa shape index (κ1) is 17.6. The molecule has 26 heavy (non-hydrogen) atoms. The Bertz CT molecular complexity index is 791. The van der Waals surface area contributed by atoms with E-state index in [-0.39, 0.29) is 5.91 Å². The van der Waals surface area contributed by atoms with Crippen LogP contribution in [-0.2, 0) is 0 Å². The summed E-state index contributed by atoms with van der Waals surface area (Å²) in [4.78, 5) is 15.5. The molecule has 2 aromatic carbocycles. The van der Waals surface area contributed by atoms with Crippen LogP contribution in [0.15, 0.2) is 48.5 Å². The highest BCUT2D eigenvalue weighted by molar-refractivity contribution is 6.30. The molecule has 4 heteroatoms. The van der Waals surface area contributed by atoms with Crippen LogP contribution in [0.1, 0.15) is 29.6 Å². The highest BCUT2D eigenvalue weighted by Crippen LogP contribution is 2.31. The van der Waals surface area contributed by atoms with Gasteiger partial charge in [-0.1, -0.05) is 41.9 Å². The van der Waals surface area contributed by atoms with Crippen molar-refractivity contribution >= 4 is 17.5 Å². The lowest BCUT2D eigenvalue weighted by Crippen LogP contribution is -2.47. The summed E-state index contributed by atoms with van der Waals surface area (Å²) in [7, 11) is 0. The standard InChI is InChI=1S/C22H25ClN2O/c23-19-7-3-5-16(13-19)20-8-1-2-9-21(20)22(26)24-14-17-10-12-25-11-4-6-18(17)15-25/h1-3,5,7-9,13,17-18H,4,6,10-12,14-15H2,(H,24,26). The number of piperidine rings is 2. The molecule has 0 radical (unpaired) electrons. The third kappa shape index (κ3) is 3.79. The van der Waals surface area contributed by atoms with E-state index in [9.17, 15) is 4.79 Å². The second kappa shape index (κ2) is 7.81. The van der Waals surface area contributed by atoms with E-state index in [2.05, 4.69) is 10.2 Å². The lowest BCUT2D eigenvalue weighted by molar-refractivity contribution is 0.0697. The summed E-state index contributed by atoms with van der Waals surface area (Å²) >= 11 is 6.13. The van der Waals surface area contributed by atoms with Gasteiger partial charge in [0.05, 0.1) is 0 Å². The van der Waals surface area contributed by atoms with Crippen molar-refractivity contribution in [2.75, 3.05) is 26.2 Å². The molecular weight excluding hydrogens is 344 g/mol. The summed E-state index contributed by atoms with van der Waals surface area (Å²) < 4.78 is 0. The lowest BCUT2D eigenvalue weighted by Gasteiger charge is -2.42. The van der Waals surface area contributed by atoms with Gasteiger partial charge in [0, 0.05) is 23.7 Å². The van der Waals surface area contributed by atoms with E-state index in [0.29, 0.717) is 10.9 Å². The normalized spacial score (nSPS) is 24.9. The highest BCUT2D eigenvalue weighted by Gasteiger charge is 2.32. The van der Waals surface area contributed by atoms with Gasteiger partial charge in [-0.2, -0.15) is 0 Å². The van der Waals surface area contributed by atoms with Gasteiger partial charge in [0.1, 0.15) is 0 Å². The van der Waals surface area contributed by atoms with E-state index in [1.54, 1.807) is 0 Å². The maximum atomic E-state index is 12.9. The van der Waals surface area contributed by atoms with Crippen LogP contribution < -0.4 is 5.32 Å². The van der Waals surface area contributed by atoms with Crippen molar-refractivity contribution in [2.24, 2.45) is 11.8 Å². The predicted molar refractivity (Wildman–Crippen MR) is 106 cm³/mol. The highest BCUT2D eigenvalue weighted by atomic mass is 35.5. The van der Waals surface area contributed by atoms with Crippen LogP contribution in [-0.4, -0.2) is 37.0 Å². The van der Waals surface area contributed by atoms with E-state index >= 15 is 0 Å². The van der Waals surface area contributed by atoms with Crippen LogP contribution in [0.3, 0.4) is 0 Å². The monoisotopic (exact) mass is 368 g/mol. The van der Waals surface area contributed by atoms with Gasteiger partial charge in [-0.15, -0.1) is 0 Å². The van der Waals surface area contributed by atoms with Gasteiger partial charge in [0.2, 0.25) is 0 Å². The molecule has 3 unspecified atom stereocenters. The number of carbonyl (C=O) groups is 1. The summed E-state index contributed by atoms with van der Waals surface area (Å²) in [5, 5.41) is 3.89. The summed E-state index contributed by atoms with van der Waals surface area (Å²) in [5.41, 5.74) is 2.62. The first-order chi connectivity index (χ1) is 12.7. The SMILES string of the molecule is O=C(NCC1CCN2CCCC1C2)c1ccccc1-c1cccc(Cl)c1. The number of benzene rings is 2. The fourth-order valence-corrected chi connectivity index (χ4v) is 4.63. The van der Waals surface area contributed by atoms with Gasteiger partial charge >= 0.3 is 0 Å². The third-order valence-corrected chi connectivity index (χ3v) is 6.09. The molecule has 2 aliphatic rings. The molecule has 0 aromatic heterocycles. The summed E-state index contributed by atoms with van der Waals surface area (Å²) in [5.74, 6) is 1.36. The topological polar surface area (TPSA) is 32.3 Å². The Morgan fingerprint density at radius 2 is 2.00 bits per heavy atom. The molecule has 1 N–H and O–H groups in total. The van der Waals surface area contributed by atoms with Crippen molar-refractivity contribution in [3.63, 3.8) is 0 Å². The van der Waals surface area contributed by atoms with Crippen molar-refractivity contribution in [3.05, 3.63) is 59.1 Å². The second-order valence-corrected chi connectivity index (χ2v) is 7.95. The van der Waals surface area contributed by atoms with E-state index in [4.69, 9.17) is 11.6 Å². The van der Waals surface area contributed by atoms with E-state index in [1.165, 1.54) is 38.9 Å². The lowest BCUT2D eigenvalue weighted by atomic mass is 9.80. The van der Waals surface area contributed by atoms with Crippen molar-refractivity contribution in [1.82, 2.24) is 10.2 Å². The second-order valence-electron chi connectivity index (χ2n) is 7.52. The summed E-state index contributed by atoms with van der Waals surface area (Å²) in [6.45, 7) is 4.42. The molecule has 2 aromatic rings. The third-order valence-electron chi connectivity index (χ3n) is 5.86. The zero-order valence-electron chi connectivity index (χ0n) is 15.0. The van der Waals surface area contributed by atoms with E-state index < -0.39 is 0 Å². The Balaban J connectivity index is 1.47. The van der Waals surface area contributed by atoms with Gasteiger partial charge in [-0.3, -0.25) is 4.79 Å². The minimum Gasteiger partial charge on any atom is -0.352 e. The Morgan fingerprint density at radius 3 is 2.88 bits per heavy atom.